The highest BCUT2D eigenvalue weighted by Crippen LogP contribution is 2.35. The number of carbonyl (C=O) groups excluding carboxylic acids is 2. The van der Waals surface area contributed by atoms with E-state index in [0.29, 0.717) is 21.5 Å². The number of nitrogens with one attached hydrogen (secondary N) is 1. The van der Waals surface area contributed by atoms with Crippen molar-refractivity contribution >= 4 is 27.5 Å². The van der Waals surface area contributed by atoms with Gasteiger partial charge in [-0.15, -0.1) is 0 Å². The predicted molar refractivity (Wildman–Crippen MR) is 94.7 cm³/mol. The predicted octanol–water partition coefficient (Wildman–Crippen LogP) is 1.73. The Bertz CT molecular complexity index is 1010. The first-order valence-electron chi connectivity index (χ1n) is 8.29. The standard InChI is InChI=1S/C18H16N2O6S/c21-17-9-7-14(20(17)27(23,24)13-4-2-1-3-5-13)18(22)19-12-6-8-15-16(10-12)26-11-25-15/h1-6,8,10,14H,7,9,11H2,(H,19,22). The molecule has 2 aliphatic rings. The minimum absolute atomic E-state index is 0.00864. The van der Waals surface area contributed by atoms with Gasteiger partial charge in [-0.2, -0.15) is 0 Å². The lowest BCUT2D eigenvalue weighted by molar-refractivity contribution is -0.128. The second-order valence-electron chi connectivity index (χ2n) is 6.12. The third kappa shape index (κ3) is 3.10. The van der Waals surface area contributed by atoms with Gasteiger partial charge in [0, 0.05) is 18.2 Å². The van der Waals surface area contributed by atoms with Gasteiger partial charge in [-0.25, -0.2) is 12.7 Å². The van der Waals surface area contributed by atoms with Gasteiger partial charge in [0.1, 0.15) is 6.04 Å². The molecule has 140 valence electrons. The maximum Gasteiger partial charge on any atom is 0.267 e. The average Bonchev–Trinajstić information content (AvgIpc) is 3.28. The highest BCUT2D eigenvalue weighted by Gasteiger charge is 2.44. The maximum atomic E-state index is 12.9. The Hall–Kier alpha value is -3.07. The van der Waals surface area contributed by atoms with Crippen LogP contribution < -0.4 is 14.8 Å². The molecule has 2 heterocycles. The number of fused-ring (bicyclic) bond motifs is 1. The normalized spacial score (nSPS) is 18.6. The second kappa shape index (κ2) is 6.58. The summed E-state index contributed by atoms with van der Waals surface area (Å²) >= 11 is 0. The molecule has 1 N–H and O–H groups in total. The topological polar surface area (TPSA) is 102 Å². The van der Waals surface area contributed by atoms with Gasteiger partial charge in [-0.1, -0.05) is 18.2 Å². The highest BCUT2D eigenvalue weighted by molar-refractivity contribution is 7.89. The van der Waals surface area contributed by atoms with Gasteiger partial charge < -0.3 is 14.8 Å². The van der Waals surface area contributed by atoms with E-state index < -0.39 is 27.9 Å². The molecule has 8 nitrogen and oxygen atoms in total. The number of hydrogen-bond donors (Lipinski definition) is 1. The van der Waals surface area contributed by atoms with E-state index in [4.69, 9.17) is 9.47 Å². The number of benzene rings is 2. The Morgan fingerprint density at radius 3 is 2.59 bits per heavy atom. The summed E-state index contributed by atoms with van der Waals surface area (Å²) in [5.41, 5.74) is 0.431. The fourth-order valence-electron chi connectivity index (χ4n) is 3.11. The highest BCUT2D eigenvalue weighted by atomic mass is 32.2. The van der Waals surface area contributed by atoms with E-state index in [0.717, 1.165) is 0 Å². The van der Waals surface area contributed by atoms with Crippen molar-refractivity contribution in [3.63, 3.8) is 0 Å². The summed E-state index contributed by atoms with van der Waals surface area (Å²) in [6.45, 7) is 0.104. The van der Waals surface area contributed by atoms with E-state index in [1.165, 1.54) is 12.1 Å². The number of amides is 2. The Morgan fingerprint density at radius 1 is 1.07 bits per heavy atom. The Kier molecular flexibility index (Phi) is 4.23. The summed E-state index contributed by atoms with van der Waals surface area (Å²) < 4.78 is 36.9. The van der Waals surface area contributed by atoms with Crippen LogP contribution in [-0.4, -0.2) is 37.4 Å². The Morgan fingerprint density at radius 2 is 1.81 bits per heavy atom. The van der Waals surface area contributed by atoms with Crippen molar-refractivity contribution in [1.82, 2.24) is 4.31 Å². The molecule has 1 fully saturated rings. The molecule has 2 aromatic rings. The molecule has 0 bridgehead atoms. The van der Waals surface area contributed by atoms with Crippen molar-refractivity contribution in [1.29, 1.82) is 0 Å². The number of sulfonamides is 1. The van der Waals surface area contributed by atoms with Crippen LogP contribution in [0.5, 0.6) is 11.5 Å². The van der Waals surface area contributed by atoms with Gasteiger partial charge in [0.05, 0.1) is 4.90 Å². The zero-order valence-corrected chi connectivity index (χ0v) is 14.9. The number of ether oxygens (including phenoxy) is 2. The lowest BCUT2D eigenvalue weighted by Crippen LogP contribution is -2.45. The average molecular weight is 388 g/mol. The molecular weight excluding hydrogens is 372 g/mol. The smallest absolute Gasteiger partial charge is 0.267 e. The van der Waals surface area contributed by atoms with E-state index in [9.17, 15) is 18.0 Å². The number of rotatable bonds is 4. The minimum Gasteiger partial charge on any atom is -0.454 e. The molecule has 1 atom stereocenters. The van der Waals surface area contributed by atoms with Crippen LogP contribution in [0.4, 0.5) is 5.69 Å². The molecule has 0 radical (unpaired) electrons. The SMILES string of the molecule is O=C(Nc1ccc2c(c1)OCO2)C1CCC(=O)N1S(=O)(=O)c1ccccc1. The fourth-order valence-corrected chi connectivity index (χ4v) is 4.73. The van der Waals surface area contributed by atoms with Crippen LogP contribution in [0.2, 0.25) is 0 Å². The van der Waals surface area contributed by atoms with E-state index in [2.05, 4.69) is 5.32 Å². The fraction of sp³-hybridized carbons (Fsp3) is 0.222. The lowest BCUT2D eigenvalue weighted by Gasteiger charge is -2.23. The van der Waals surface area contributed by atoms with E-state index >= 15 is 0 Å². The number of carbonyl (C=O) groups is 2. The number of anilines is 1. The van der Waals surface area contributed by atoms with E-state index in [1.54, 1.807) is 36.4 Å². The molecule has 1 saturated heterocycles. The van der Waals surface area contributed by atoms with Gasteiger partial charge in [-0.05, 0) is 30.7 Å². The first-order chi connectivity index (χ1) is 13.0. The molecule has 0 saturated carbocycles. The maximum absolute atomic E-state index is 12.9. The van der Waals surface area contributed by atoms with Crippen LogP contribution in [0.1, 0.15) is 12.8 Å². The van der Waals surface area contributed by atoms with Gasteiger partial charge in [0.15, 0.2) is 11.5 Å². The lowest BCUT2D eigenvalue weighted by atomic mass is 10.2. The molecule has 1 unspecified atom stereocenters. The van der Waals surface area contributed by atoms with Gasteiger partial charge in [-0.3, -0.25) is 9.59 Å². The first kappa shape index (κ1) is 17.3. The monoisotopic (exact) mass is 388 g/mol. The third-order valence-electron chi connectivity index (χ3n) is 4.40. The van der Waals surface area contributed by atoms with Crippen molar-refractivity contribution in [3.8, 4) is 11.5 Å². The summed E-state index contributed by atoms with van der Waals surface area (Å²) in [4.78, 5) is 24.9. The quantitative estimate of drug-likeness (QED) is 0.856. The summed E-state index contributed by atoms with van der Waals surface area (Å²) in [5, 5.41) is 2.65. The summed E-state index contributed by atoms with van der Waals surface area (Å²) in [5.74, 6) is -0.106. The van der Waals surface area contributed by atoms with Crippen molar-refractivity contribution < 1.29 is 27.5 Å². The van der Waals surface area contributed by atoms with Crippen molar-refractivity contribution in [2.24, 2.45) is 0 Å². The molecule has 0 aromatic heterocycles. The molecule has 27 heavy (non-hydrogen) atoms. The molecular formula is C18H16N2O6S. The minimum atomic E-state index is -4.11. The van der Waals surface area contributed by atoms with Gasteiger partial charge in [0.25, 0.3) is 10.0 Å². The largest absolute Gasteiger partial charge is 0.454 e. The zero-order chi connectivity index (χ0) is 19.0. The van der Waals surface area contributed by atoms with E-state index in [1.807, 2.05) is 0 Å². The summed E-state index contributed by atoms with van der Waals surface area (Å²) in [6.07, 6.45) is 0.118. The van der Waals surface area contributed by atoms with Crippen molar-refractivity contribution in [2.45, 2.75) is 23.8 Å². The van der Waals surface area contributed by atoms with Crippen LogP contribution in [0, 0.1) is 0 Å². The molecule has 9 heteroatoms. The van der Waals surface area contributed by atoms with Crippen molar-refractivity contribution in [2.75, 3.05) is 12.1 Å². The summed E-state index contributed by atoms with van der Waals surface area (Å²) in [7, 11) is -4.11. The number of hydrogen-bond acceptors (Lipinski definition) is 6. The summed E-state index contributed by atoms with van der Waals surface area (Å²) in [6, 6.07) is 11.4. The molecule has 4 rings (SSSR count). The molecule has 0 aliphatic carbocycles. The van der Waals surface area contributed by atoms with Crippen LogP contribution in [0.15, 0.2) is 53.4 Å². The first-order valence-corrected chi connectivity index (χ1v) is 9.73. The van der Waals surface area contributed by atoms with Crippen LogP contribution in [0.3, 0.4) is 0 Å². The molecule has 0 spiro atoms. The van der Waals surface area contributed by atoms with Crippen molar-refractivity contribution in [3.05, 3.63) is 48.5 Å². The molecule has 2 aliphatic heterocycles. The Balaban J connectivity index is 1.58. The van der Waals surface area contributed by atoms with Crippen LogP contribution >= 0.6 is 0 Å². The molecule has 2 aromatic carbocycles. The second-order valence-corrected chi connectivity index (χ2v) is 7.93. The van der Waals surface area contributed by atoms with Gasteiger partial charge >= 0.3 is 0 Å². The third-order valence-corrected chi connectivity index (χ3v) is 6.25. The zero-order valence-electron chi connectivity index (χ0n) is 14.1. The van der Waals surface area contributed by atoms with Gasteiger partial charge in [0.2, 0.25) is 18.6 Å². The number of nitrogens with zero attached hydrogens (tertiary/aromatic N) is 1. The Labute approximate surface area is 155 Å². The van der Waals surface area contributed by atoms with Crippen LogP contribution in [-0.2, 0) is 19.6 Å². The van der Waals surface area contributed by atoms with Crippen LogP contribution in [0.25, 0.3) is 0 Å². The molecule has 2 amide bonds. The van der Waals surface area contributed by atoms with E-state index in [-0.39, 0.29) is 24.5 Å².